The maximum Gasteiger partial charge on any atom is 0.244 e. The molecule has 3 fully saturated rings. The molecule has 21 heavy (non-hydrogen) atoms. The van der Waals surface area contributed by atoms with Crippen molar-refractivity contribution < 1.29 is 9.18 Å². The molecule has 1 spiro atoms. The Bertz CT molecular complexity index is 580. The lowest BCUT2D eigenvalue weighted by molar-refractivity contribution is -0.133. The number of hydrogen-bond acceptors (Lipinski definition) is 2. The molecule has 1 amide bonds. The smallest absolute Gasteiger partial charge is 0.244 e. The van der Waals surface area contributed by atoms with Crippen molar-refractivity contribution in [2.75, 3.05) is 0 Å². The number of hydrogen-bond donors (Lipinski definition) is 1. The van der Waals surface area contributed by atoms with E-state index in [4.69, 9.17) is 0 Å². The Balaban J connectivity index is 1.64. The third-order valence-electron chi connectivity index (χ3n) is 5.10. The van der Waals surface area contributed by atoms with Crippen LogP contribution < -0.4 is 5.32 Å². The number of nitrogens with one attached hydrogen (secondary N) is 1. The first-order valence-electron chi connectivity index (χ1n) is 7.95. The number of carbonyl (C=O) groups excluding carboxylic acids is 1. The second-order valence-electron chi connectivity index (χ2n) is 6.92. The predicted molar refractivity (Wildman–Crippen MR) is 77.9 cm³/mol. The zero-order valence-corrected chi connectivity index (χ0v) is 12.3. The van der Waals surface area contributed by atoms with Crippen LogP contribution in [0.5, 0.6) is 0 Å². The summed E-state index contributed by atoms with van der Waals surface area (Å²) in [4.78, 5) is 14.7. The fourth-order valence-corrected chi connectivity index (χ4v) is 3.57. The molecule has 0 radical (unpaired) electrons. The lowest BCUT2D eigenvalue weighted by atomic mass is 10.1. The molecule has 2 saturated carbocycles. The highest BCUT2D eigenvalue weighted by Crippen LogP contribution is 2.48. The molecular formula is C17H21FN2O. The molecule has 1 aromatic carbocycles. The van der Waals surface area contributed by atoms with E-state index < -0.39 is 0 Å². The number of halogens is 1. The van der Waals surface area contributed by atoms with Crippen molar-refractivity contribution in [3.05, 3.63) is 35.6 Å². The van der Waals surface area contributed by atoms with Crippen LogP contribution >= 0.6 is 0 Å². The highest BCUT2D eigenvalue weighted by Gasteiger charge is 2.60. The van der Waals surface area contributed by atoms with Gasteiger partial charge in [0, 0.05) is 6.04 Å². The first-order chi connectivity index (χ1) is 10.1. The minimum atomic E-state index is -0.352. The zero-order chi connectivity index (χ0) is 14.6. The predicted octanol–water partition coefficient (Wildman–Crippen LogP) is 2.98. The maximum atomic E-state index is 13.5. The molecule has 2 atom stereocenters. The van der Waals surface area contributed by atoms with Crippen LogP contribution in [-0.4, -0.2) is 22.4 Å². The van der Waals surface area contributed by atoms with E-state index in [-0.39, 0.29) is 29.5 Å². The Morgan fingerprint density at radius 1 is 1.43 bits per heavy atom. The molecule has 4 rings (SSSR count). The average molecular weight is 288 g/mol. The molecule has 1 aliphatic heterocycles. The lowest BCUT2D eigenvalue weighted by Gasteiger charge is -2.30. The molecule has 112 valence electrons. The number of nitrogens with zero attached hydrogens (tertiary/aromatic N) is 1. The normalized spacial score (nSPS) is 28.2. The SMILES string of the molecule is CC(CC1CC1)N1C(=O)C2(CC2)NC1c1cccc(F)c1. The van der Waals surface area contributed by atoms with Crippen LogP contribution in [0.4, 0.5) is 4.39 Å². The molecule has 1 heterocycles. The van der Waals surface area contributed by atoms with Crippen molar-refractivity contribution in [2.24, 2.45) is 5.92 Å². The van der Waals surface area contributed by atoms with Crippen molar-refractivity contribution >= 4 is 5.91 Å². The molecule has 2 unspecified atom stereocenters. The standard InChI is InChI=1S/C17H21FN2O/c1-11(9-12-5-6-12)20-15(13-3-2-4-14(18)10-13)19-17(7-8-17)16(20)21/h2-4,10-12,15,19H,5-9H2,1H3. The number of rotatable bonds is 4. The Labute approximate surface area is 124 Å². The van der Waals surface area contributed by atoms with Crippen molar-refractivity contribution in [3.8, 4) is 0 Å². The van der Waals surface area contributed by atoms with E-state index in [0.29, 0.717) is 0 Å². The van der Waals surface area contributed by atoms with Crippen LogP contribution in [0, 0.1) is 11.7 Å². The summed E-state index contributed by atoms with van der Waals surface area (Å²) >= 11 is 0. The van der Waals surface area contributed by atoms with E-state index in [2.05, 4.69) is 12.2 Å². The Morgan fingerprint density at radius 2 is 2.19 bits per heavy atom. The van der Waals surface area contributed by atoms with Gasteiger partial charge in [0.2, 0.25) is 5.91 Å². The van der Waals surface area contributed by atoms with Crippen LogP contribution in [-0.2, 0) is 4.79 Å². The molecule has 1 N–H and O–H groups in total. The van der Waals surface area contributed by atoms with Crippen molar-refractivity contribution in [1.82, 2.24) is 10.2 Å². The van der Waals surface area contributed by atoms with Crippen LogP contribution in [0.3, 0.4) is 0 Å². The van der Waals surface area contributed by atoms with Gasteiger partial charge in [0.25, 0.3) is 0 Å². The van der Waals surface area contributed by atoms with E-state index >= 15 is 0 Å². The second kappa shape index (κ2) is 4.54. The lowest BCUT2D eigenvalue weighted by Crippen LogP contribution is -2.39. The largest absolute Gasteiger partial charge is 0.319 e. The number of benzene rings is 1. The van der Waals surface area contributed by atoms with Gasteiger partial charge in [0.15, 0.2) is 0 Å². The zero-order valence-electron chi connectivity index (χ0n) is 12.3. The average Bonchev–Trinajstić information content (AvgIpc) is 3.33. The monoisotopic (exact) mass is 288 g/mol. The van der Waals surface area contributed by atoms with Gasteiger partial charge in [-0.3, -0.25) is 10.1 Å². The maximum absolute atomic E-state index is 13.5. The molecule has 2 aliphatic carbocycles. The first-order valence-corrected chi connectivity index (χ1v) is 7.95. The summed E-state index contributed by atoms with van der Waals surface area (Å²) in [6, 6.07) is 6.84. The van der Waals surface area contributed by atoms with Gasteiger partial charge in [-0.15, -0.1) is 0 Å². The van der Waals surface area contributed by atoms with E-state index in [0.717, 1.165) is 30.7 Å². The topological polar surface area (TPSA) is 32.3 Å². The van der Waals surface area contributed by atoms with Crippen LogP contribution in [0.25, 0.3) is 0 Å². The molecule has 0 aromatic heterocycles. The van der Waals surface area contributed by atoms with Crippen molar-refractivity contribution in [3.63, 3.8) is 0 Å². The van der Waals surface area contributed by atoms with E-state index in [1.807, 2.05) is 11.0 Å². The minimum absolute atomic E-state index is 0.176. The van der Waals surface area contributed by atoms with Crippen LogP contribution in [0.1, 0.15) is 50.8 Å². The third-order valence-corrected chi connectivity index (χ3v) is 5.10. The molecule has 3 nitrogen and oxygen atoms in total. The number of carbonyl (C=O) groups is 1. The number of amides is 1. The van der Waals surface area contributed by atoms with E-state index in [9.17, 15) is 9.18 Å². The summed E-state index contributed by atoms with van der Waals surface area (Å²) in [5.41, 5.74) is 0.504. The molecule has 1 aromatic rings. The highest BCUT2D eigenvalue weighted by molar-refractivity contribution is 5.92. The molecule has 4 heteroatoms. The minimum Gasteiger partial charge on any atom is -0.319 e. The molecule has 1 saturated heterocycles. The summed E-state index contributed by atoms with van der Waals surface area (Å²) in [6.45, 7) is 2.13. The van der Waals surface area contributed by atoms with Gasteiger partial charge >= 0.3 is 0 Å². The van der Waals surface area contributed by atoms with Crippen molar-refractivity contribution in [2.45, 2.75) is 56.8 Å². The summed E-state index contributed by atoms with van der Waals surface area (Å²) in [5.74, 6) is 0.745. The van der Waals surface area contributed by atoms with Crippen LogP contribution in [0.15, 0.2) is 24.3 Å². The van der Waals surface area contributed by atoms with E-state index in [1.54, 1.807) is 12.1 Å². The second-order valence-corrected chi connectivity index (χ2v) is 6.92. The van der Waals surface area contributed by atoms with Gasteiger partial charge in [-0.1, -0.05) is 25.0 Å². The summed E-state index contributed by atoms with van der Waals surface area (Å²) in [7, 11) is 0. The quantitative estimate of drug-likeness (QED) is 0.924. The van der Waals surface area contributed by atoms with Gasteiger partial charge in [-0.2, -0.15) is 0 Å². The molecule has 0 bridgehead atoms. The summed E-state index contributed by atoms with van der Waals surface area (Å²) in [5, 5.41) is 3.47. The van der Waals surface area contributed by atoms with Gasteiger partial charge in [0.1, 0.15) is 17.5 Å². The van der Waals surface area contributed by atoms with Crippen LogP contribution in [0.2, 0.25) is 0 Å². The summed E-state index contributed by atoms with van der Waals surface area (Å²) in [6.07, 6.45) is 5.28. The summed E-state index contributed by atoms with van der Waals surface area (Å²) < 4.78 is 13.5. The van der Waals surface area contributed by atoms with E-state index in [1.165, 1.54) is 18.9 Å². The van der Waals surface area contributed by atoms with Gasteiger partial charge in [-0.25, -0.2) is 4.39 Å². The van der Waals surface area contributed by atoms with Gasteiger partial charge in [-0.05, 0) is 49.8 Å². The van der Waals surface area contributed by atoms with Crippen molar-refractivity contribution in [1.29, 1.82) is 0 Å². The third kappa shape index (κ3) is 2.26. The van der Waals surface area contributed by atoms with Gasteiger partial charge in [0.05, 0.1) is 0 Å². The Morgan fingerprint density at radius 3 is 2.81 bits per heavy atom. The Kier molecular flexibility index (Phi) is 2.86. The fraction of sp³-hybridized carbons (Fsp3) is 0.588. The molecule has 3 aliphatic rings. The Hall–Kier alpha value is -1.42. The molecular weight excluding hydrogens is 267 g/mol. The highest BCUT2D eigenvalue weighted by atomic mass is 19.1. The first kappa shape index (κ1) is 13.3. The fourth-order valence-electron chi connectivity index (χ4n) is 3.57. The van der Waals surface area contributed by atoms with Gasteiger partial charge < -0.3 is 4.90 Å².